The van der Waals surface area contributed by atoms with Gasteiger partial charge in [-0.2, -0.15) is 0 Å². The van der Waals surface area contributed by atoms with E-state index in [1.807, 2.05) is 20.8 Å². The third-order valence-corrected chi connectivity index (χ3v) is 5.04. The molecule has 28 heavy (non-hydrogen) atoms. The van der Waals surface area contributed by atoms with Crippen molar-refractivity contribution >= 4 is 11.8 Å². The fourth-order valence-electron chi connectivity index (χ4n) is 3.17. The minimum atomic E-state index is -0.838. The van der Waals surface area contributed by atoms with E-state index in [-0.39, 0.29) is 25.5 Å². The number of aliphatic hydroxyl groups excluding tert-OH is 2. The summed E-state index contributed by atoms with van der Waals surface area (Å²) in [7, 11) is 0. The van der Waals surface area contributed by atoms with Crippen LogP contribution in [0, 0.1) is 17.8 Å². The fraction of sp³-hybridized carbons (Fsp3) is 0.524. The van der Waals surface area contributed by atoms with E-state index in [1.54, 1.807) is 24.3 Å². The number of nitrogens with two attached hydrogens (primary N) is 1. The average molecular weight is 387 g/mol. The molecule has 1 aliphatic heterocycles. The number of rotatable bonds is 5. The monoisotopic (exact) mass is 387 g/mol. The first-order valence-corrected chi connectivity index (χ1v) is 9.30. The molecule has 0 radical (unpaired) electrons. The quantitative estimate of drug-likeness (QED) is 0.537. The van der Waals surface area contributed by atoms with E-state index in [1.165, 1.54) is 4.90 Å². The number of terminal acetylenes is 1. The van der Waals surface area contributed by atoms with Crippen LogP contribution in [0.2, 0.25) is 0 Å². The van der Waals surface area contributed by atoms with Gasteiger partial charge in [0.1, 0.15) is 6.04 Å². The number of amides is 2. The van der Waals surface area contributed by atoms with Crippen LogP contribution in [-0.2, 0) is 9.59 Å². The first-order valence-electron chi connectivity index (χ1n) is 9.30. The van der Waals surface area contributed by atoms with Gasteiger partial charge in [0.15, 0.2) is 0 Å². The number of carbonyl (C=O) groups excluding carboxylic acids is 2. The molecule has 5 N–H and O–H groups in total. The number of carbonyl (C=O) groups is 2. The van der Waals surface area contributed by atoms with E-state index in [9.17, 15) is 19.8 Å². The maximum absolute atomic E-state index is 12.8. The van der Waals surface area contributed by atoms with Crippen LogP contribution < -0.4 is 11.1 Å². The Hall–Kier alpha value is -2.40. The van der Waals surface area contributed by atoms with Crippen molar-refractivity contribution in [3.63, 3.8) is 0 Å². The number of likely N-dealkylation sites (tertiary alicyclic amines) is 1. The highest BCUT2D eigenvalue weighted by atomic mass is 16.3. The van der Waals surface area contributed by atoms with Gasteiger partial charge in [0.25, 0.3) is 0 Å². The summed E-state index contributed by atoms with van der Waals surface area (Å²) in [5.41, 5.74) is 6.98. The van der Waals surface area contributed by atoms with Crippen molar-refractivity contribution in [3.05, 3.63) is 35.4 Å². The van der Waals surface area contributed by atoms with Crippen molar-refractivity contribution in [1.82, 2.24) is 10.2 Å². The van der Waals surface area contributed by atoms with Gasteiger partial charge in [-0.15, -0.1) is 6.42 Å². The molecular weight excluding hydrogens is 358 g/mol. The molecule has 1 fully saturated rings. The molecule has 0 saturated carbocycles. The Morgan fingerprint density at radius 2 is 1.96 bits per heavy atom. The lowest BCUT2D eigenvalue weighted by molar-refractivity contribution is -0.141. The predicted molar refractivity (Wildman–Crippen MR) is 106 cm³/mol. The molecule has 1 aromatic carbocycles. The molecule has 2 amide bonds. The second kappa shape index (κ2) is 8.74. The topological polar surface area (TPSA) is 116 Å². The lowest BCUT2D eigenvalue weighted by Gasteiger charge is -2.33. The summed E-state index contributed by atoms with van der Waals surface area (Å²) in [5, 5.41) is 22.5. The van der Waals surface area contributed by atoms with Gasteiger partial charge in [0.2, 0.25) is 11.8 Å². The van der Waals surface area contributed by atoms with Gasteiger partial charge >= 0.3 is 0 Å². The van der Waals surface area contributed by atoms with E-state index in [0.717, 1.165) is 0 Å². The Bertz CT molecular complexity index is 748. The van der Waals surface area contributed by atoms with E-state index >= 15 is 0 Å². The Morgan fingerprint density at radius 3 is 2.46 bits per heavy atom. The van der Waals surface area contributed by atoms with Gasteiger partial charge < -0.3 is 26.2 Å². The van der Waals surface area contributed by atoms with Crippen molar-refractivity contribution in [3.8, 4) is 12.3 Å². The van der Waals surface area contributed by atoms with Gasteiger partial charge in [-0.25, -0.2) is 0 Å². The first kappa shape index (κ1) is 21.9. The molecule has 2 unspecified atom stereocenters. The largest absolute Gasteiger partial charge is 0.394 e. The molecule has 1 saturated heterocycles. The summed E-state index contributed by atoms with van der Waals surface area (Å²) < 4.78 is 0. The third-order valence-electron chi connectivity index (χ3n) is 5.04. The molecule has 1 heterocycles. The van der Waals surface area contributed by atoms with Gasteiger partial charge in [0, 0.05) is 18.5 Å². The number of aliphatic hydroxyl groups is 2. The molecule has 1 aromatic rings. The van der Waals surface area contributed by atoms with Crippen LogP contribution in [-0.4, -0.2) is 58.3 Å². The standard InChI is InChI=1S/C21H29N3O4/c1-5-13-6-8-14(9-7-13)16(12-25)23-19(27)17-10-15(26)11-24(17)20(28)18(22)21(2,3)4/h1,6-9,15-18,25-26H,10-12,22H2,2-4H3,(H,23,27)/t15-,16?,17+,18?/m1/s1. The van der Waals surface area contributed by atoms with Gasteiger partial charge in [0.05, 0.1) is 24.8 Å². The number of β-amino-alcohol motifs (C(OH)–C–C–N with tert-alkyl or cyclic N) is 1. The Labute approximate surface area is 165 Å². The highest BCUT2D eigenvalue weighted by Gasteiger charge is 2.43. The van der Waals surface area contributed by atoms with Crippen LogP contribution in [0.15, 0.2) is 24.3 Å². The number of nitrogens with zero attached hydrogens (tertiary/aromatic N) is 1. The minimum absolute atomic E-state index is 0.0569. The summed E-state index contributed by atoms with van der Waals surface area (Å²) in [6.07, 6.45) is 4.67. The Kier molecular flexibility index (Phi) is 6.83. The number of benzene rings is 1. The summed E-state index contributed by atoms with van der Waals surface area (Å²) in [4.78, 5) is 27.0. The normalized spacial score (nSPS) is 21.7. The number of hydrogen-bond acceptors (Lipinski definition) is 5. The second-order valence-electron chi connectivity index (χ2n) is 8.25. The second-order valence-corrected chi connectivity index (χ2v) is 8.25. The zero-order valence-corrected chi connectivity index (χ0v) is 16.6. The van der Waals surface area contributed by atoms with Crippen LogP contribution in [0.5, 0.6) is 0 Å². The molecule has 7 nitrogen and oxygen atoms in total. The van der Waals surface area contributed by atoms with Crippen LogP contribution in [0.4, 0.5) is 0 Å². The van der Waals surface area contributed by atoms with Crippen LogP contribution in [0.3, 0.4) is 0 Å². The highest BCUT2D eigenvalue weighted by Crippen LogP contribution is 2.25. The lowest BCUT2D eigenvalue weighted by atomic mass is 9.86. The van der Waals surface area contributed by atoms with Crippen molar-refractivity contribution in [1.29, 1.82) is 0 Å². The third kappa shape index (κ3) is 4.90. The van der Waals surface area contributed by atoms with Crippen LogP contribution in [0.25, 0.3) is 0 Å². The first-order chi connectivity index (χ1) is 13.1. The molecule has 4 atom stereocenters. The molecule has 2 rings (SSSR count). The molecule has 7 heteroatoms. The summed E-state index contributed by atoms with van der Waals surface area (Å²) in [5.74, 6) is 1.70. The van der Waals surface area contributed by atoms with Crippen molar-refractivity contribution in [2.45, 2.75) is 51.4 Å². The summed E-state index contributed by atoms with van der Waals surface area (Å²) in [6, 6.07) is 4.64. The van der Waals surface area contributed by atoms with E-state index in [0.29, 0.717) is 11.1 Å². The zero-order valence-electron chi connectivity index (χ0n) is 16.6. The SMILES string of the molecule is C#Cc1ccc(C(CO)NC(=O)[C@@H]2C[C@@H](O)CN2C(=O)C(N)C(C)(C)C)cc1. The van der Waals surface area contributed by atoms with Crippen molar-refractivity contribution in [2.75, 3.05) is 13.2 Å². The van der Waals surface area contributed by atoms with Gasteiger partial charge in [-0.3, -0.25) is 9.59 Å². The number of nitrogens with one attached hydrogen (secondary N) is 1. The maximum Gasteiger partial charge on any atom is 0.243 e. The summed E-state index contributed by atoms with van der Waals surface area (Å²) in [6.45, 7) is 5.28. The minimum Gasteiger partial charge on any atom is -0.394 e. The van der Waals surface area contributed by atoms with Gasteiger partial charge in [-0.1, -0.05) is 38.8 Å². The van der Waals surface area contributed by atoms with E-state index in [4.69, 9.17) is 12.2 Å². The maximum atomic E-state index is 12.8. The molecule has 0 bridgehead atoms. The highest BCUT2D eigenvalue weighted by molar-refractivity contribution is 5.91. The molecule has 0 aromatic heterocycles. The van der Waals surface area contributed by atoms with E-state index < -0.39 is 35.6 Å². The predicted octanol–water partition coefficient (Wildman–Crippen LogP) is 0.153. The van der Waals surface area contributed by atoms with Crippen LogP contribution in [0.1, 0.15) is 44.4 Å². The average Bonchev–Trinajstić information content (AvgIpc) is 3.06. The van der Waals surface area contributed by atoms with Crippen molar-refractivity contribution in [2.24, 2.45) is 11.1 Å². The molecule has 152 valence electrons. The zero-order chi connectivity index (χ0) is 21.1. The van der Waals surface area contributed by atoms with Crippen molar-refractivity contribution < 1.29 is 19.8 Å². The molecular formula is C21H29N3O4. The van der Waals surface area contributed by atoms with Gasteiger partial charge in [-0.05, 0) is 23.1 Å². The molecule has 0 spiro atoms. The molecule has 0 aliphatic carbocycles. The van der Waals surface area contributed by atoms with E-state index in [2.05, 4.69) is 11.2 Å². The molecule has 1 aliphatic rings. The number of hydrogen-bond donors (Lipinski definition) is 4. The Morgan fingerprint density at radius 1 is 1.36 bits per heavy atom. The lowest BCUT2D eigenvalue weighted by Crippen LogP contribution is -2.55. The summed E-state index contributed by atoms with van der Waals surface area (Å²) >= 11 is 0. The Balaban J connectivity index is 2.15. The fourth-order valence-corrected chi connectivity index (χ4v) is 3.17. The smallest absolute Gasteiger partial charge is 0.243 e. The van der Waals surface area contributed by atoms with Crippen LogP contribution >= 0.6 is 0 Å².